The summed E-state index contributed by atoms with van der Waals surface area (Å²) in [6.07, 6.45) is 13.3. The van der Waals surface area contributed by atoms with E-state index in [-0.39, 0.29) is 0 Å². The van der Waals surface area contributed by atoms with E-state index in [0.717, 1.165) is 15.8 Å². The summed E-state index contributed by atoms with van der Waals surface area (Å²) in [5.74, 6) is 1.77. The third-order valence-corrected chi connectivity index (χ3v) is 5.35. The summed E-state index contributed by atoms with van der Waals surface area (Å²) in [7, 11) is 0. The van der Waals surface area contributed by atoms with Gasteiger partial charge in [0.25, 0.3) is 0 Å². The number of halogens is 1. The van der Waals surface area contributed by atoms with Gasteiger partial charge in [0.1, 0.15) is 0 Å². The van der Waals surface area contributed by atoms with Crippen molar-refractivity contribution in [3.05, 3.63) is 42.7 Å². The Kier molecular flexibility index (Phi) is 3.01. The van der Waals surface area contributed by atoms with E-state index in [1.54, 1.807) is 0 Å². The van der Waals surface area contributed by atoms with Crippen molar-refractivity contribution in [3.63, 3.8) is 0 Å². The highest BCUT2D eigenvalue weighted by Crippen LogP contribution is 2.43. The molecule has 16 heavy (non-hydrogen) atoms. The van der Waals surface area contributed by atoms with E-state index in [1.807, 2.05) is 0 Å². The van der Waals surface area contributed by atoms with Crippen LogP contribution in [0.15, 0.2) is 42.7 Å². The van der Waals surface area contributed by atoms with Crippen molar-refractivity contribution >= 4 is 22.6 Å². The molecule has 2 aliphatic rings. The van der Waals surface area contributed by atoms with Crippen molar-refractivity contribution in [1.82, 2.24) is 0 Å². The van der Waals surface area contributed by atoms with Gasteiger partial charge in [-0.3, -0.25) is 0 Å². The van der Waals surface area contributed by atoms with Crippen molar-refractivity contribution in [2.75, 3.05) is 0 Å². The zero-order valence-corrected chi connectivity index (χ0v) is 11.5. The maximum absolute atomic E-state index is 2.65. The molecule has 3 rings (SSSR count). The molecule has 0 amide bonds. The summed E-state index contributed by atoms with van der Waals surface area (Å²) in [5, 5.41) is 0. The number of nitrogens with zero attached hydrogens (tertiary/aromatic N) is 1. The van der Waals surface area contributed by atoms with E-state index in [1.165, 1.54) is 19.3 Å². The largest absolute Gasteiger partial charge is 0.201 e. The summed E-state index contributed by atoms with van der Waals surface area (Å²) in [6, 6.07) is 7.06. The molecule has 2 heteroatoms. The van der Waals surface area contributed by atoms with Gasteiger partial charge in [-0.15, -0.1) is 0 Å². The van der Waals surface area contributed by atoms with Gasteiger partial charge in [0.15, 0.2) is 18.4 Å². The van der Waals surface area contributed by atoms with Crippen molar-refractivity contribution in [2.24, 2.45) is 11.8 Å². The summed E-state index contributed by atoms with van der Waals surface area (Å²) >= 11 is 2.65. The standard InChI is InChI=1S/C14H17IN/c15-13-9-11-5-4-6-12(11)10-14(13)16-7-2-1-3-8-16/h1-4,6-8,11-14H,5,9-10H2/q+1/t11-,12-,13-,14-/m1/s1. The van der Waals surface area contributed by atoms with Crippen molar-refractivity contribution in [2.45, 2.75) is 29.2 Å². The number of hydrogen-bond donors (Lipinski definition) is 0. The van der Waals surface area contributed by atoms with E-state index in [2.05, 4.69) is 69.9 Å². The number of hydrogen-bond acceptors (Lipinski definition) is 0. The molecular weight excluding hydrogens is 309 g/mol. The van der Waals surface area contributed by atoms with E-state index in [4.69, 9.17) is 0 Å². The second-order valence-corrected chi connectivity index (χ2v) is 6.57. The fourth-order valence-electron chi connectivity index (χ4n) is 3.12. The lowest BCUT2D eigenvalue weighted by molar-refractivity contribution is -0.724. The van der Waals surface area contributed by atoms with Gasteiger partial charge in [0.2, 0.25) is 0 Å². The monoisotopic (exact) mass is 326 g/mol. The minimum atomic E-state index is 0.686. The number of aromatic nitrogens is 1. The third kappa shape index (κ3) is 1.92. The molecule has 4 atom stereocenters. The minimum Gasteiger partial charge on any atom is -0.201 e. The Hall–Kier alpha value is -0.380. The number of pyridine rings is 1. The van der Waals surface area contributed by atoms with Crippen LogP contribution in [0.2, 0.25) is 0 Å². The van der Waals surface area contributed by atoms with Crippen LogP contribution in [0.4, 0.5) is 0 Å². The lowest BCUT2D eigenvalue weighted by atomic mass is 9.79. The zero-order chi connectivity index (χ0) is 11.0. The summed E-state index contributed by atoms with van der Waals surface area (Å²) in [4.78, 5) is 0. The van der Waals surface area contributed by atoms with E-state index in [0.29, 0.717) is 6.04 Å². The van der Waals surface area contributed by atoms with E-state index in [9.17, 15) is 0 Å². The molecule has 1 aromatic rings. The molecule has 1 heterocycles. The van der Waals surface area contributed by atoms with Crippen LogP contribution in [0, 0.1) is 11.8 Å². The molecule has 1 saturated carbocycles. The molecule has 84 valence electrons. The van der Waals surface area contributed by atoms with Crippen LogP contribution in [-0.4, -0.2) is 3.92 Å². The smallest absolute Gasteiger partial charge is 0.170 e. The van der Waals surface area contributed by atoms with Crippen molar-refractivity contribution in [3.8, 4) is 0 Å². The number of fused-ring (bicyclic) bond motifs is 1. The Morgan fingerprint density at radius 1 is 1.06 bits per heavy atom. The molecular formula is C14H17IN+. The third-order valence-electron chi connectivity index (χ3n) is 4.01. The van der Waals surface area contributed by atoms with Crippen LogP contribution in [-0.2, 0) is 0 Å². The molecule has 0 saturated heterocycles. The Balaban J connectivity index is 1.83. The summed E-state index contributed by atoms with van der Waals surface area (Å²) in [6.45, 7) is 0. The zero-order valence-electron chi connectivity index (χ0n) is 9.30. The topological polar surface area (TPSA) is 3.88 Å². The predicted octanol–water partition coefficient (Wildman–Crippen LogP) is 3.30. The molecule has 0 spiro atoms. The highest BCUT2D eigenvalue weighted by molar-refractivity contribution is 14.1. The number of allylic oxidation sites excluding steroid dienone is 2. The lowest BCUT2D eigenvalue weighted by Gasteiger charge is -2.32. The Bertz CT molecular complexity index is 387. The second-order valence-electron chi connectivity index (χ2n) is 4.97. The molecule has 0 aromatic carbocycles. The fraction of sp³-hybridized carbons (Fsp3) is 0.500. The average Bonchev–Trinajstić information content (AvgIpc) is 2.76. The molecule has 0 bridgehead atoms. The molecule has 1 fully saturated rings. The van der Waals surface area contributed by atoms with Crippen LogP contribution in [0.3, 0.4) is 0 Å². The average molecular weight is 326 g/mol. The Morgan fingerprint density at radius 3 is 2.69 bits per heavy atom. The van der Waals surface area contributed by atoms with E-state index < -0.39 is 0 Å². The van der Waals surface area contributed by atoms with Crippen LogP contribution < -0.4 is 4.57 Å². The van der Waals surface area contributed by atoms with Gasteiger partial charge < -0.3 is 0 Å². The van der Waals surface area contributed by atoms with Crippen LogP contribution >= 0.6 is 22.6 Å². The molecule has 1 nitrogen and oxygen atoms in total. The van der Waals surface area contributed by atoms with Gasteiger partial charge in [-0.1, -0.05) is 40.8 Å². The van der Waals surface area contributed by atoms with E-state index >= 15 is 0 Å². The maximum Gasteiger partial charge on any atom is 0.170 e. The minimum absolute atomic E-state index is 0.686. The Morgan fingerprint density at radius 2 is 1.88 bits per heavy atom. The first-order valence-corrected chi connectivity index (χ1v) is 7.35. The van der Waals surface area contributed by atoms with Gasteiger partial charge in [-0.25, -0.2) is 4.57 Å². The van der Waals surface area contributed by atoms with Crippen molar-refractivity contribution in [1.29, 1.82) is 0 Å². The molecule has 1 aromatic heterocycles. The molecule has 2 aliphatic carbocycles. The van der Waals surface area contributed by atoms with Gasteiger partial charge in [-0.05, 0) is 24.7 Å². The van der Waals surface area contributed by atoms with Gasteiger partial charge in [-0.2, -0.15) is 0 Å². The van der Waals surface area contributed by atoms with Crippen molar-refractivity contribution < 1.29 is 4.57 Å². The first-order chi connectivity index (χ1) is 7.84. The first-order valence-electron chi connectivity index (χ1n) is 6.11. The summed E-state index contributed by atoms with van der Waals surface area (Å²) < 4.78 is 3.19. The second kappa shape index (κ2) is 4.47. The normalized spacial score (nSPS) is 37.3. The SMILES string of the molecule is I[C@@H]1C[C@H]2CC=C[C@@H]2C[C@H]1[n+]1ccccc1. The quantitative estimate of drug-likeness (QED) is 0.323. The Labute approximate surface area is 111 Å². The fourth-order valence-corrected chi connectivity index (χ4v) is 4.43. The lowest BCUT2D eigenvalue weighted by Crippen LogP contribution is -2.47. The van der Waals surface area contributed by atoms with Crippen LogP contribution in [0.1, 0.15) is 25.3 Å². The van der Waals surface area contributed by atoms with Gasteiger partial charge in [0, 0.05) is 18.6 Å². The molecule has 0 radical (unpaired) electrons. The van der Waals surface area contributed by atoms with Crippen LogP contribution in [0.5, 0.6) is 0 Å². The highest BCUT2D eigenvalue weighted by Gasteiger charge is 2.40. The van der Waals surface area contributed by atoms with Gasteiger partial charge in [0.05, 0.1) is 3.92 Å². The predicted molar refractivity (Wildman–Crippen MR) is 73.5 cm³/mol. The summed E-state index contributed by atoms with van der Waals surface area (Å²) in [5.41, 5.74) is 0. The first kappa shape index (κ1) is 10.8. The molecule has 0 aliphatic heterocycles. The maximum atomic E-state index is 2.65. The molecule has 0 N–H and O–H groups in total. The number of alkyl halides is 1. The van der Waals surface area contributed by atoms with Crippen LogP contribution in [0.25, 0.3) is 0 Å². The van der Waals surface area contributed by atoms with Gasteiger partial charge >= 0.3 is 0 Å². The highest BCUT2D eigenvalue weighted by atomic mass is 127. The molecule has 0 unspecified atom stereocenters. The number of rotatable bonds is 1.